The number of carbonyl (C=O) groups is 1. The Kier molecular flexibility index (Phi) is 4.48. The van der Waals surface area contributed by atoms with E-state index in [2.05, 4.69) is 15.1 Å². The molecule has 0 fully saturated rings. The molecule has 0 bridgehead atoms. The molecule has 0 saturated carbocycles. The van der Waals surface area contributed by atoms with Gasteiger partial charge in [-0.3, -0.25) is 14.4 Å². The number of rotatable bonds is 3. The molecule has 1 aliphatic heterocycles. The molecule has 1 amide bonds. The van der Waals surface area contributed by atoms with E-state index in [9.17, 15) is 4.79 Å². The Morgan fingerprint density at radius 3 is 2.87 bits per heavy atom. The standard InChI is InChI=1S/C20H16ClN7OS/c1-27-7-5-13(26-27)18-16(11-8-12(21)17-14(9-11)30-10-23-17)25-20(19(22)24-18)28-6-3-2-4-15(28)29/h3,5-10H,2,4H2,1H3,(H2,22,24). The average Bonchev–Trinajstić information content (AvgIpc) is 3.37. The molecule has 8 nitrogen and oxygen atoms in total. The van der Waals surface area contributed by atoms with E-state index in [0.29, 0.717) is 40.8 Å². The fraction of sp³-hybridized carbons (Fsp3) is 0.150. The minimum absolute atomic E-state index is 0.0778. The molecule has 10 heteroatoms. The second kappa shape index (κ2) is 7.19. The Morgan fingerprint density at radius 2 is 2.10 bits per heavy atom. The molecular formula is C20H16ClN7OS. The van der Waals surface area contributed by atoms with Crippen LogP contribution in [0.2, 0.25) is 5.02 Å². The van der Waals surface area contributed by atoms with E-state index in [1.807, 2.05) is 31.5 Å². The van der Waals surface area contributed by atoms with Crippen LogP contribution in [0.3, 0.4) is 0 Å². The van der Waals surface area contributed by atoms with Crippen molar-refractivity contribution < 1.29 is 4.79 Å². The number of halogens is 1. The number of nitrogen functional groups attached to an aromatic ring is 1. The van der Waals surface area contributed by atoms with Crippen molar-refractivity contribution >= 4 is 50.7 Å². The number of carbonyl (C=O) groups excluding carboxylic acids is 1. The molecule has 0 saturated heterocycles. The number of hydrogen-bond acceptors (Lipinski definition) is 7. The van der Waals surface area contributed by atoms with E-state index in [4.69, 9.17) is 22.3 Å². The van der Waals surface area contributed by atoms with Gasteiger partial charge in [0.05, 0.1) is 20.7 Å². The lowest BCUT2D eigenvalue weighted by Crippen LogP contribution is -2.29. The number of fused-ring (bicyclic) bond motifs is 1. The topological polar surface area (TPSA) is 103 Å². The Labute approximate surface area is 180 Å². The highest BCUT2D eigenvalue weighted by Crippen LogP contribution is 2.37. The fourth-order valence-electron chi connectivity index (χ4n) is 3.38. The molecule has 1 aliphatic rings. The van der Waals surface area contributed by atoms with Crippen molar-refractivity contribution in [3.05, 3.63) is 47.2 Å². The summed E-state index contributed by atoms with van der Waals surface area (Å²) < 4.78 is 2.61. The van der Waals surface area contributed by atoms with E-state index in [1.165, 1.54) is 16.2 Å². The summed E-state index contributed by atoms with van der Waals surface area (Å²) in [5.74, 6) is 0.376. The van der Waals surface area contributed by atoms with Crippen molar-refractivity contribution in [1.29, 1.82) is 0 Å². The van der Waals surface area contributed by atoms with Crippen LogP contribution in [0.15, 0.2) is 42.2 Å². The summed E-state index contributed by atoms with van der Waals surface area (Å²) in [5, 5.41) is 4.98. The van der Waals surface area contributed by atoms with Crippen molar-refractivity contribution in [3.8, 4) is 22.6 Å². The number of aryl methyl sites for hydroxylation is 1. The Bertz CT molecular complexity index is 1330. The first-order chi connectivity index (χ1) is 14.5. The molecule has 0 unspecified atom stereocenters. The molecule has 0 spiro atoms. The van der Waals surface area contributed by atoms with Crippen LogP contribution in [0.25, 0.3) is 32.9 Å². The number of anilines is 2. The van der Waals surface area contributed by atoms with Gasteiger partial charge in [0.2, 0.25) is 5.91 Å². The van der Waals surface area contributed by atoms with Crippen LogP contribution in [-0.4, -0.2) is 30.6 Å². The summed E-state index contributed by atoms with van der Waals surface area (Å²) in [6.45, 7) is 0. The van der Waals surface area contributed by atoms with Crippen molar-refractivity contribution in [3.63, 3.8) is 0 Å². The summed E-state index contributed by atoms with van der Waals surface area (Å²) in [5.41, 5.74) is 11.2. The predicted octanol–water partition coefficient (Wildman–Crippen LogP) is 4.03. The maximum atomic E-state index is 12.5. The summed E-state index contributed by atoms with van der Waals surface area (Å²) in [6, 6.07) is 5.60. The second-order valence-electron chi connectivity index (χ2n) is 6.85. The first kappa shape index (κ1) is 18.7. The number of nitrogens with two attached hydrogens (primary N) is 1. The average molecular weight is 438 g/mol. The molecule has 4 heterocycles. The maximum Gasteiger partial charge on any atom is 0.232 e. The van der Waals surface area contributed by atoms with Gasteiger partial charge in [0.1, 0.15) is 17.1 Å². The summed E-state index contributed by atoms with van der Waals surface area (Å²) in [7, 11) is 1.83. The van der Waals surface area contributed by atoms with Gasteiger partial charge >= 0.3 is 0 Å². The number of thiazole rings is 1. The van der Waals surface area contributed by atoms with Gasteiger partial charge in [-0.05, 0) is 24.6 Å². The number of hydrogen-bond donors (Lipinski definition) is 1. The third kappa shape index (κ3) is 3.12. The Balaban J connectivity index is 1.77. The Hall–Kier alpha value is -3.30. The number of allylic oxidation sites excluding steroid dienone is 1. The van der Waals surface area contributed by atoms with E-state index in [0.717, 1.165) is 15.8 Å². The lowest BCUT2D eigenvalue weighted by Gasteiger charge is -2.22. The quantitative estimate of drug-likeness (QED) is 0.519. The number of amides is 1. The van der Waals surface area contributed by atoms with Crippen molar-refractivity contribution in [2.75, 3.05) is 10.6 Å². The minimum Gasteiger partial charge on any atom is -0.381 e. The normalized spacial score (nSPS) is 14.1. The predicted molar refractivity (Wildman–Crippen MR) is 118 cm³/mol. The van der Waals surface area contributed by atoms with E-state index < -0.39 is 0 Å². The molecular weight excluding hydrogens is 422 g/mol. The SMILES string of the molecule is Cn1ccc(-c2nc(N)c(N3C=CCCC3=O)nc2-c2cc(Cl)c3ncsc3c2)n1. The molecule has 4 aromatic rings. The number of nitrogens with zero attached hydrogens (tertiary/aromatic N) is 6. The molecule has 30 heavy (non-hydrogen) atoms. The zero-order valence-electron chi connectivity index (χ0n) is 15.9. The number of aromatic nitrogens is 5. The van der Waals surface area contributed by atoms with Crippen molar-refractivity contribution in [2.45, 2.75) is 12.8 Å². The highest BCUT2D eigenvalue weighted by atomic mass is 35.5. The summed E-state index contributed by atoms with van der Waals surface area (Å²) >= 11 is 7.96. The van der Waals surface area contributed by atoms with E-state index >= 15 is 0 Å². The lowest BCUT2D eigenvalue weighted by atomic mass is 10.1. The summed E-state index contributed by atoms with van der Waals surface area (Å²) in [4.78, 5) is 27.6. The van der Waals surface area contributed by atoms with Gasteiger partial charge in [-0.25, -0.2) is 15.0 Å². The smallest absolute Gasteiger partial charge is 0.232 e. The van der Waals surface area contributed by atoms with Gasteiger partial charge in [0, 0.05) is 31.4 Å². The third-order valence-electron chi connectivity index (χ3n) is 4.80. The van der Waals surface area contributed by atoms with Crippen LogP contribution in [0.4, 0.5) is 11.6 Å². The van der Waals surface area contributed by atoms with Crippen molar-refractivity contribution in [1.82, 2.24) is 24.7 Å². The first-order valence-electron chi connectivity index (χ1n) is 9.20. The maximum absolute atomic E-state index is 12.5. The fourth-order valence-corrected chi connectivity index (χ4v) is 4.44. The van der Waals surface area contributed by atoms with Gasteiger partial charge in [-0.1, -0.05) is 17.7 Å². The van der Waals surface area contributed by atoms with E-state index in [1.54, 1.807) is 22.5 Å². The molecule has 150 valence electrons. The minimum atomic E-state index is -0.0778. The molecule has 0 radical (unpaired) electrons. The van der Waals surface area contributed by atoms with Crippen LogP contribution in [-0.2, 0) is 11.8 Å². The summed E-state index contributed by atoms with van der Waals surface area (Å²) in [6.07, 6.45) is 6.51. The largest absolute Gasteiger partial charge is 0.381 e. The van der Waals surface area contributed by atoms with E-state index in [-0.39, 0.29) is 11.7 Å². The van der Waals surface area contributed by atoms with Gasteiger partial charge < -0.3 is 5.73 Å². The van der Waals surface area contributed by atoms with Gasteiger partial charge in [-0.15, -0.1) is 11.3 Å². The second-order valence-corrected chi connectivity index (χ2v) is 8.14. The molecule has 2 N–H and O–H groups in total. The van der Waals surface area contributed by atoms with Crippen LogP contribution in [0.5, 0.6) is 0 Å². The van der Waals surface area contributed by atoms with Crippen LogP contribution < -0.4 is 10.6 Å². The molecule has 0 atom stereocenters. The monoisotopic (exact) mass is 437 g/mol. The molecule has 5 rings (SSSR count). The zero-order chi connectivity index (χ0) is 20.8. The number of benzene rings is 1. The van der Waals surface area contributed by atoms with Crippen LogP contribution >= 0.6 is 22.9 Å². The highest BCUT2D eigenvalue weighted by Gasteiger charge is 2.24. The Morgan fingerprint density at radius 1 is 1.23 bits per heavy atom. The van der Waals surface area contributed by atoms with Crippen molar-refractivity contribution in [2.24, 2.45) is 7.05 Å². The zero-order valence-corrected chi connectivity index (χ0v) is 17.5. The third-order valence-corrected chi connectivity index (χ3v) is 5.86. The first-order valence-corrected chi connectivity index (χ1v) is 10.5. The lowest BCUT2D eigenvalue weighted by molar-refractivity contribution is -0.118. The molecule has 3 aromatic heterocycles. The molecule has 0 aliphatic carbocycles. The van der Waals surface area contributed by atoms with Crippen LogP contribution in [0, 0.1) is 0 Å². The van der Waals surface area contributed by atoms with Gasteiger partial charge in [-0.2, -0.15) is 5.10 Å². The van der Waals surface area contributed by atoms with Crippen LogP contribution in [0.1, 0.15) is 12.8 Å². The molecule has 1 aromatic carbocycles. The highest BCUT2D eigenvalue weighted by molar-refractivity contribution is 7.16. The van der Waals surface area contributed by atoms with Gasteiger partial charge in [0.25, 0.3) is 0 Å². The van der Waals surface area contributed by atoms with Gasteiger partial charge in [0.15, 0.2) is 11.6 Å².